The first-order valence-corrected chi connectivity index (χ1v) is 7.23. The van der Waals surface area contributed by atoms with E-state index in [0.29, 0.717) is 11.6 Å². The molecule has 3 N–H and O–H groups in total. The molecule has 1 aliphatic rings. The van der Waals surface area contributed by atoms with Crippen LogP contribution in [0.2, 0.25) is 0 Å². The van der Waals surface area contributed by atoms with E-state index in [-0.39, 0.29) is 5.91 Å². The molecule has 4 heteroatoms. The van der Waals surface area contributed by atoms with Crippen LogP contribution in [0.5, 0.6) is 0 Å². The van der Waals surface area contributed by atoms with Crippen LogP contribution in [0.4, 0.5) is 0 Å². The molecule has 1 aromatic carbocycles. The second-order valence-electron chi connectivity index (χ2n) is 5.74. The van der Waals surface area contributed by atoms with Gasteiger partial charge in [-0.3, -0.25) is 4.79 Å². The normalized spacial score (nSPS) is 17.9. The molecule has 0 aliphatic heterocycles. The summed E-state index contributed by atoms with van der Waals surface area (Å²) in [6.07, 6.45) is 5.15. The lowest BCUT2D eigenvalue weighted by molar-refractivity contribution is 0.0999. The number of likely N-dealkylation sites (N-methyl/N-ethyl adjacent to an activating group) is 1. The number of nitrogens with zero attached hydrogens (tertiary/aromatic N) is 1. The number of amides is 1. The number of rotatable bonds is 4. The van der Waals surface area contributed by atoms with Gasteiger partial charge in [-0.25, -0.2) is 0 Å². The van der Waals surface area contributed by atoms with E-state index in [1.807, 2.05) is 12.1 Å². The Labute approximate surface area is 118 Å². The fraction of sp³-hybridized carbons (Fsp3) is 0.438. The molecule has 1 aliphatic carbocycles. The summed E-state index contributed by atoms with van der Waals surface area (Å²) in [7, 11) is 2.16. The topological polar surface area (TPSA) is 62.1 Å². The maximum atomic E-state index is 11.7. The lowest BCUT2D eigenvalue weighted by Gasteiger charge is -2.31. The van der Waals surface area contributed by atoms with E-state index in [1.165, 1.54) is 10.9 Å². The van der Waals surface area contributed by atoms with Crippen molar-refractivity contribution in [1.82, 2.24) is 9.88 Å². The van der Waals surface area contributed by atoms with Gasteiger partial charge in [-0.2, -0.15) is 0 Å². The fourth-order valence-corrected chi connectivity index (χ4v) is 3.38. The average molecular weight is 271 g/mol. The van der Waals surface area contributed by atoms with Crippen molar-refractivity contribution in [3.05, 3.63) is 35.0 Å². The molecule has 106 valence electrons. The van der Waals surface area contributed by atoms with Crippen LogP contribution in [0.3, 0.4) is 0 Å². The number of hydrogen-bond donors (Lipinski definition) is 2. The summed E-state index contributed by atoms with van der Waals surface area (Å²) in [5.74, 6) is -0.326. The highest BCUT2D eigenvalue weighted by atomic mass is 16.1. The van der Waals surface area contributed by atoms with Crippen molar-refractivity contribution in [3.63, 3.8) is 0 Å². The van der Waals surface area contributed by atoms with Crippen molar-refractivity contribution < 1.29 is 4.79 Å². The van der Waals surface area contributed by atoms with Crippen molar-refractivity contribution in [1.29, 1.82) is 0 Å². The Kier molecular flexibility index (Phi) is 3.26. The molecule has 0 radical (unpaired) electrons. The number of hydrogen-bond acceptors (Lipinski definition) is 2. The highest BCUT2D eigenvalue weighted by Crippen LogP contribution is 2.33. The summed E-state index contributed by atoms with van der Waals surface area (Å²) in [4.78, 5) is 17.4. The zero-order chi connectivity index (χ0) is 14.3. The molecule has 1 unspecified atom stereocenters. The van der Waals surface area contributed by atoms with E-state index in [4.69, 9.17) is 5.73 Å². The first kappa shape index (κ1) is 13.2. The SMILES string of the molecule is CCCN(C)C1Cc2c[nH]c3ccc(C(N)=O)c(c23)C1. The van der Waals surface area contributed by atoms with Gasteiger partial charge in [-0.05, 0) is 56.1 Å². The van der Waals surface area contributed by atoms with Crippen molar-refractivity contribution in [2.45, 2.75) is 32.2 Å². The Morgan fingerprint density at radius 3 is 2.95 bits per heavy atom. The number of carbonyl (C=O) groups is 1. The number of carbonyl (C=O) groups excluding carboxylic acids is 1. The van der Waals surface area contributed by atoms with E-state index in [0.717, 1.165) is 36.9 Å². The number of benzene rings is 1. The fourth-order valence-electron chi connectivity index (χ4n) is 3.38. The standard InChI is InChI=1S/C16H21N3O/c1-3-6-19(2)11-7-10-9-18-14-5-4-12(16(17)20)13(8-11)15(10)14/h4-5,9,11,18H,3,6-8H2,1-2H3,(H2,17,20). The van der Waals surface area contributed by atoms with Crippen LogP contribution in [0.15, 0.2) is 18.3 Å². The Morgan fingerprint density at radius 1 is 1.45 bits per heavy atom. The monoisotopic (exact) mass is 271 g/mol. The summed E-state index contributed by atoms with van der Waals surface area (Å²) in [6, 6.07) is 4.25. The van der Waals surface area contributed by atoms with E-state index < -0.39 is 0 Å². The third kappa shape index (κ3) is 2.00. The maximum absolute atomic E-state index is 11.7. The molecule has 0 saturated carbocycles. The lowest BCUT2D eigenvalue weighted by atomic mass is 9.85. The van der Waals surface area contributed by atoms with Crippen molar-refractivity contribution in [2.75, 3.05) is 13.6 Å². The van der Waals surface area contributed by atoms with Gasteiger partial charge in [0.2, 0.25) is 5.91 Å². The summed E-state index contributed by atoms with van der Waals surface area (Å²) in [5.41, 5.74) is 9.74. The summed E-state index contributed by atoms with van der Waals surface area (Å²) in [5, 5.41) is 1.21. The molecule has 3 rings (SSSR count). The van der Waals surface area contributed by atoms with Crippen LogP contribution in [-0.4, -0.2) is 35.4 Å². The van der Waals surface area contributed by atoms with E-state index in [9.17, 15) is 4.79 Å². The molecule has 2 aromatic rings. The van der Waals surface area contributed by atoms with Gasteiger partial charge in [-0.1, -0.05) is 6.92 Å². The van der Waals surface area contributed by atoms with Gasteiger partial charge in [0.15, 0.2) is 0 Å². The number of aromatic nitrogens is 1. The predicted octanol–water partition coefficient (Wildman–Crippen LogP) is 2.08. The molecule has 4 nitrogen and oxygen atoms in total. The first-order chi connectivity index (χ1) is 9.61. The van der Waals surface area contributed by atoms with Crippen LogP contribution in [0, 0.1) is 0 Å². The Bertz CT molecular complexity index is 659. The number of nitrogens with one attached hydrogen (secondary N) is 1. The highest BCUT2D eigenvalue weighted by molar-refractivity contribution is 6.01. The van der Waals surface area contributed by atoms with Crippen molar-refractivity contribution in [2.24, 2.45) is 5.73 Å². The first-order valence-electron chi connectivity index (χ1n) is 7.23. The lowest BCUT2D eigenvalue weighted by Crippen LogP contribution is -2.38. The molecular weight excluding hydrogens is 250 g/mol. The molecule has 1 atom stereocenters. The Hall–Kier alpha value is -1.81. The number of nitrogens with two attached hydrogens (primary N) is 1. The largest absolute Gasteiger partial charge is 0.366 e. The second-order valence-corrected chi connectivity index (χ2v) is 5.74. The molecule has 0 saturated heterocycles. The zero-order valence-corrected chi connectivity index (χ0v) is 12.1. The summed E-state index contributed by atoms with van der Waals surface area (Å²) >= 11 is 0. The van der Waals surface area contributed by atoms with Crippen LogP contribution in [0.25, 0.3) is 10.9 Å². The predicted molar refractivity (Wildman–Crippen MR) is 80.9 cm³/mol. The summed E-state index contributed by atoms with van der Waals surface area (Å²) in [6.45, 7) is 3.27. The van der Waals surface area contributed by atoms with Crippen molar-refractivity contribution in [3.8, 4) is 0 Å². The molecule has 0 fully saturated rings. The van der Waals surface area contributed by atoms with E-state index >= 15 is 0 Å². The van der Waals surface area contributed by atoms with Gasteiger partial charge in [-0.15, -0.1) is 0 Å². The third-order valence-corrected chi connectivity index (χ3v) is 4.40. The molecule has 1 heterocycles. The Morgan fingerprint density at radius 2 is 2.25 bits per heavy atom. The summed E-state index contributed by atoms with van der Waals surface area (Å²) < 4.78 is 0. The Balaban J connectivity index is 2.08. The van der Waals surface area contributed by atoms with Gasteiger partial charge in [0.25, 0.3) is 0 Å². The smallest absolute Gasteiger partial charge is 0.249 e. The molecule has 1 aromatic heterocycles. The van der Waals surface area contributed by atoms with Gasteiger partial charge < -0.3 is 15.6 Å². The quantitative estimate of drug-likeness (QED) is 0.894. The van der Waals surface area contributed by atoms with E-state index in [2.05, 4.69) is 30.1 Å². The second kappa shape index (κ2) is 4.94. The van der Waals surface area contributed by atoms with Gasteiger partial charge >= 0.3 is 0 Å². The van der Waals surface area contributed by atoms with Gasteiger partial charge in [0.1, 0.15) is 0 Å². The molecule has 0 bridgehead atoms. The highest BCUT2D eigenvalue weighted by Gasteiger charge is 2.27. The number of H-pyrrole nitrogens is 1. The molecule has 20 heavy (non-hydrogen) atoms. The van der Waals surface area contributed by atoms with Crippen LogP contribution in [0.1, 0.15) is 34.8 Å². The van der Waals surface area contributed by atoms with Crippen LogP contribution >= 0.6 is 0 Å². The molecule has 1 amide bonds. The van der Waals surface area contributed by atoms with Crippen molar-refractivity contribution >= 4 is 16.8 Å². The molecular formula is C16H21N3O. The maximum Gasteiger partial charge on any atom is 0.249 e. The minimum absolute atomic E-state index is 0.326. The minimum Gasteiger partial charge on any atom is -0.366 e. The third-order valence-electron chi connectivity index (χ3n) is 4.40. The van der Waals surface area contributed by atoms with Crippen LogP contribution in [-0.2, 0) is 12.8 Å². The number of primary amides is 1. The zero-order valence-electron chi connectivity index (χ0n) is 12.1. The molecule has 0 spiro atoms. The number of aromatic amines is 1. The van der Waals surface area contributed by atoms with E-state index in [1.54, 1.807) is 0 Å². The average Bonchev–Trinajstić information content (AvgIpc) is 2.83. The minimum atomic E-state index is -0.326. The van der Waals surface area contributed by atoms with Gasteiger partial charge in [0, 0.05) is 28.7 Å². The van der Waals surface area contributed by atoms with Gasteiger partial charge in [0.05, 0.1) is 0 Å². The van der Waals surface area contributed by atoms with Crippen LogP contribution < -0.4 is 5.73 Å².